The van der Waals surface area contributed by atoms with Gasteiger partial charge in [-0.05, 0) is 67.7 Å². The van der Waals surface area contributed by atoms with Crippen molar-refractivity contribution < 1.29 is 18.3 Å². The van der Waals surface area contributed by atoms with Gasteiger partial charge in [-0.25, -0.2) is 14.5 Å². The first-order valence-electron chi connectivity index (χ1n) is 9.54. The first-order chi connectivity index (χ1) is 13.4. The van der Waals surface area contributed by atoms with Gasteiger partial charge in [0.1, 0.15) is 5.82 Å². The number of sulfonamides is 1. The van der Waals surface area contributed by atoms with Gasteiger partial charge in [0.25, 0.3) is 10.0 Å². The first-order valence-corrected chi connectivity index (χ1v) is 11.0. The van der Waals surface area contributed by atoms with Crippen molar-refractivity contribution in [3.05, 3.63) is 40.3 Å². The van der Waals surface area contributed by atoms with Gasteiger partial charge >= 0.3 is 6.03 Å². The molecule has 0 fully saturated rings. The number of carbonyl (C=O) groups is 1. The summed E-state index contributed by atoms with van der Waals surface area (Å²) in [5, 5.41) is 11.6. The summed E-state index contributed by atoms with van der Waals surface area (Å²) in [5.74, 6) is 0.452. The molecule has 2 amide bonds. The van der Waals surface area contributed by atoms with Crippen molar-refractivity contribution in [2.45, 2.75) is 57.0 Å². The van der Waals surface area contributed by atoms with Gasteiger partial charge in [0.2, 0.25) is 0 Å². The quantitative estimate of drug-likeness (QED) is 0.603. The van der Waals surface area contributed by atoms with Gasteiger partial charge in [-0.2, -0.15) is 8.42 Å². The minimum Gasteiger partial charge on any atom is -0.395 e. The van der Waals surface area contributed by atoms with E-state index in [0.29, 0.717) is 5.82 Å². The molecule has 151 valence electrons. The molecular formula is C19H24KN4O4S. The van der Waals surface area contributed by atoms with Crippen LogP contribution in [0.3, 0.4) is 0 Å². The second kappa shape index (κ2) is 9.17. The average molecular weight is 444 g/mol. The van der Waals surface area contributed by atoms with Crippen molar-refractivity contribution in [2.24, 2.45) is 0 Å². The van der Waals surface area contributed by atoms with Crippen LogP contribution in [-0.2, 0) is 42.3 Å². The normalized spacial score (nSPS) is 14.8. The number of fused-ring (bicyclic) bond motifs is 2. The van der Waals surface area contributed by atoms with Crippen molar-refractivity contribution in [3.8, 4) is 0 Å². The number of hydrogen-bond acceptors (Lipinski definition) is 5. The largest absolute Gasteiger partial charge is 0.395 e. The van der Waals surface area contributed by atoms with Gasteiger partial charge in [0.15, 0.2) is 5.03 Å². The number of imidazole rings is 1. The number of anilines is 1. The molecule has 1 aromatic carbocycles. The molecule has 2 aliphatic rings. The molecule has 1 aromatic heterocycles. The van der Waals surface area contributed by atoms with Gasteiger partial charge in [-0.3, -0.25) is 0 Å². The van der Waals surface area contributed by atoms with Gasteiger partial charge in [0, 0.05) is 69.8 Å². The number of aryl methyl sites for hydroxylation is 3. The van der Waals surface area contributed by atoms with Gasteiger partial charge in [-0.1, -0.05) is 6.07 Å². The van der Waals surface area contributed by atoms with E-state index in [1.165, 1.54) is 21.9 Å². The zero-order chi connectivity index (χ0) is 19.9. The van der Waals surface area contributed by atoms with E-state index in [2.05, 4.69) is 21.1 Å². The van der Waals surface area contributed by atoms with E-state index in [4.69, 9.17) is 5.11 Å². The Kier molecular flexibility index (Phi) is 7.25. The minimum absolute atomic E-state index is 0. The van der Waals surface area contributed by atoms with Gasteiger partial charge in [0.05, 0.1) is 6.61 Å². The Labute approximate surface area is 213 Å². The topological polar surface area (TPSA) is 113 Å². The fourth-order valence-corrected chi connectivity index (χ4v) is 5.14. The van der Waals surface area contributed by atoms with E-state index in [1.54, 1.807) is 6.92 Å². The molecule has 0 aliphatic heterocycles. The maximum Gasteiger partial charge on any atom is 0.333 e. The predicted octanol–water partition coefficient (Wildman–Crippen LogP) is 1.29. The molecule has 3 N–H and O–H groups in total. The first kappa shape index (κ1) is 22.9. The summed E-state index contributed by atoms with van der Waals surface area (Å²) in [6.45, 7) is 1.75. The average Bonchev–Trinajstić information content (AvgIpc) is 3.35. The fourth-order valence-electron chi connectivity index (χ4n) is 4.22. The number of rotatable bonds is 5. The summed E-state index contributed by atoms with van der Waals surface area (Å²) in [5.41, 5.74) is 5.58. The van der Waals surface area contributed by atoms with E-state index in [9.17, 15) is 13.2 Å². The molecule has 1 radical (unpaired) electrons. The number of carbonyl (C=O) groups excluding carboxylic acids is 1. The molecule has 2 aliphatic carbocycles. The number of aliphatic hydroxyl groups excluding tert-OH is 1. The van der Waals surface area contributed by atoms with Crippen LogP contribution < -0.4 is 10.0 Å². The monoisotopic (exact) mass is 443 g/mol. The fraction of sp³-hybridized carbons (Fsp3) is 0.474. The number of aliphatic hydroxyl groups is 1. The summed E-state index contributed by atoms with van der Waals surface area (Å²) in [7, 11) is -4.10. The summed E-state index contributed by atoms with van der Waals surface area (Å²) >= 11 is 0. The van der Waals surface area contributed by atoms with Crippen molar-refractivity contribution >= 4 is 73.1 Å². The molecule has 1 heterocycles. The number of nitrogens with one attached hydrogen (secondary N) is 2. The molecule has 29 heavy (non-hydrogen) atoms. The molecule has 8 nitrogen and oxygen atoms in total. The summed E-state index contributed by atoms with van der Waals surface area (Å²) in [4.78, 5) is 16.5. The summed E-state index contributed by atoms with van der Waals surface area (Å²) in [6, 6.07) is 1.48. The molecule has 2 aromatic rings. The van der Waals surface area contributed by atoms with Gasteiger partial charge in [-0.15, -0.1) is 0 Å². The van der Waals surface area contributed by atoms with Crippen LogP contribution in [0.1, 0.15) is 40.9 Å². The van der Waals surface area contributed by atoms with Crippen LogP contribution in [0.2, 0.25) is 0 Å². The van der Waals surface area contributed by atoms with Crippen LogP contribution in [0.25, 0.3) is 0 Å². The number of urea groups is 1. The van der Waals surface area contributed by atoms with E-state index < -0.39 is 16.1 Å². The third-order valence-electron chi connectivity index (χ3n) is 5.51. The molecule has 0 spiro atoms. The number of nitrogens with zero attached hydrogens (tertiary/aromatic N) is 2. The molecule has 4 rings (SSSR count). The number of aromatic nitrogens is 2. The maximum absolute atomic E-state index is 12.6. The second-order valence-corrected chi connectivity index (χ2v) is 8.97. The van der Waals surface area contributed by atoms with Gasteiger partial charge < -0.3 is 15.0 Å². The standard InChI is InChI=1S/C19H24N4O4S.K/c1-12-20-17(11-23(12)8-9-24)28(26,27)22-19(25)21-18-15-6-2-4-13(15)10-14-5-3-7-16(14)18;/h10-11,24H,2-9H2,1H3,(H2,21,22,25);. The minimum atomic E-state index is -4.10. The van der Waals surface area contributed by atoms with Crippen molar-refractivity contribution in [1.82, 2.24) is 14.3 Å². The van der Waals surface area contributed by atoms with E-state index in [-0.39, 0.29) is 69.6 Å². The Morgan fingerprint density at radius 3 is 2.38 bits per heavy atom. The van der Waals surface area contributed by atoms with E-state index >= 15 is 0 Å². The Morgan fingerprint density at radius 2 is 1.79 bits per heavy atom. The Hall–Kier alpha value is -0.754. The molecular weight excluding hydrogens is 419 g/mol. The number of amides is 2. The number of benzene rings is 1. The van der Waals surface area contributed by atoms with Crippen LogP contribution >= 0.6 is 0 Å². The Morgan fingerprint density at radius 1 is 1.17 bits per heavy atom. The SMILES string of the molecule is Cc1nc(S(=O)(=O)NC(=O)Nc2c3c(cc4c2CCC4)CCC3)cn1CCO.[K]. The molecule has 0 saturated carbocycles. The van der Waals surface area contributed by atoms with Crippen molar-refractivity contribution in [3.63, 3.8) is 0 Å². The molecule has 0 atom stereocenters. The van der Waals surface area contributed by atoms with Crippen LogP contribution in [0, 0.1) is 6.92 Å². The smallest absolute Gasteiger partial charge is 0.333 e. The third kappa shape index (κ3) is 4.63. The zero-order valence-corrected chi connectivity index (χ0v) is 20.7. The van der Waals surface area contributed by atoms with E-state index in [0.717, 1.165) is 55.3 Å². The summed E-state index contributed by atoms with van der Waals surface area (Å²) in [6.07, 6.45) is 7.21. The van der Waals surface area contributed by atoms with Crippen LogP contribution in [-0.4, -0.2) is 87.1 Å². The van der Waals surface area contributed by atoms with Crippen LogP contribution in [0.4, 0.5) is 10.5 Å². The van der Waals surface area contributed by atoms with Crippen molar-refractivity contribution in [1.29, 1.82) is 0 Å². The molecule has 0 unspecified atom stereocenters. The number of hydrogen-bond donors (Lipinski definition) is 3. The Balaban J connectivity index is 0.00000240. The van der Waals surface area contributed by atoms with Crippen molar-refractivity contribution in [2.75, 3.05) is 11.9 Å². The molecule has 0 bridgehead atoms. The predicted molar refractivity (Wildman–Crippen MR) is 110 cm³/mol. The Bertz CT molecular complexity index is 1020. The second-order valence-electron chi connectivity index (χ2n) is 7.34. The molecule has 0 saturated heterocycles. The van der Waals surface area contributed by atoms with E-state index in [1.807, 2.05) is 0 Å². The maximum atomic E-state index is 12.6. The summed E-state index contributed by atoms with van der Waals surface area (Å²) < 4.78 is 28.7. The van der Waals surface area contributed by atoms with Crippen LogP contribution in [0.15, 0.2) is 17.3 Å². The van der Waals surface area contributed by atoms with Crippen LogP contribution in [0.5, 0.6) is 0 Å². The zero-order valence-electron chi connectivity index (χ0n) is 16.8. The molecule has 10 heteroatoms. The third-order valence-corrected chi connectivity index (χ3v) is 6.71.